The van der Waals surface area contributed by atoms with E-state index in [0.717, 1.165) is 22.1 Å². The Morgan fingerprint density at radius 1 is 0.967 bits per heavy atom. The van der Waals surface area contributed by atoms with Crippen LogP contribution in [0.25, 0.3) is 21.9 Å². The van der Waals surface area contributed by atoms with E-state index in [9.17, 15) is 9.59 Å². The zero-order valence-corrected chi connectivity index (χ0v) is 17.2. The number of carbonyl (C=O) groups is 1. The molecule has 4 aromatic rings. The van der Waals surface area contributed by atoms with Gasteiger partial charge in [0, 0.05) is 17.0 Å². The fourth-order valence-electron chi connectivity index (χ4n) is 3.48. The van der Waals surface area contributed by atoms with E-state index in [0.29, 0.717) is 22.6 Å². The lowest BCUT2D eigenvalue weighted by Crippen LogP contribution is -2.34. The van der Waals surface area contributed by atoms with Crippen molar-refractivity contribution in [1.82, 2.24) is 15.1 Å². The molecule has 0 aliphatic rings. The van der Waals surface area contributed by atoms with Gasteiger partial charge in [0.25, 0.3) is 5.56 Å². The zero-order chi connectivity index (χ0) is 21.1. The Hall–Kier alpha value is -3.44. The molecule has 6 heteroatoms. The summed E-state index contributed by atoms with van der Waals surface area (Å²) >= 11 is 5.99. The lowest BCUT2D eigenvalue weighted by atomic mass is 10.00. The van der Waals surface area contributed by atoms with Crippen molar-refractivity contribution in [1.29, 1.82) is 0 Å². The van der Waals surface area contributed by atoms with E-state index < -0.39 is 0 Å². The van der Waals surface area contributed by atoms with Gasteiger partial charge in [-0.25, -0.2) is 4.68 Å². The number of hydrogen-bond acceptors (Lipinski definition) is 3. The highest BCUT2D eigenvalue weighted by molar-refractivity contribution is 6.30. The van der Waals surface area contributed by atoms with Crippen LogP contribution in [0.3, 0.4) is 0 Å². The van der Waals surface area contributed by atoms with Crippen LogP contribution in [0.2, 0.25) is 5.02 Å². The fourth-order valence-corrected chi connectivity index (χ4v) is 3.61. The minimum absolute atomic E-state index is 0.131. The average molecular weight is 418 g/mol. The summed E-state index contributed by atoms with van der Waals surface area (Å²) in [5.41, 5.74) is 3.46. The first-order chi connectivity index (χ1) is 14.5. The van der Waals surface area contributed by atoms with Crippen LogP contribution in [-0.4, -0.2) is 15.7 Å². The summed E-state index contributed by atoms with van der Waals surface area (Å²) in [6.07, 6.45) is 0. The minimum atomic E-state index is -0.273. The number of benzene rings is 3. The molecular weight excluding hydrogens is 398 g/mol. The molecule has 1 amide bonds. The molecule has 0 saturated carbocycles. The van der Waals surface area contributed by atoms with Crippen LogP contribution in [0, 0.1) is 6.92 Å². The van der Waals surface area contributed by atoms with Crippen molar-refractivity contribution >= 4 is 28.3 Å². The summed E-state index contributed by atoms with van der Waals surface area (Å²) in [5, 5.41) is 9.24. The largest absolute Gasteiger partial charge is 0.350 e. The third kappa shape index (κ3) is 4.11. The second-order valence-corrected chi connectivity index (χ2v) is 7.47. The smallest absolute Gasteiger partial charge is 0.275 e. The van der Waals surface area contributed by atoms with Gasteiger partial charge in [-0.05, 0) is 41.8 Å². The number of aryl methyl sites for hydroxylation is 1. The number of halogens is 1. The van der Waals surface area contributed by atoms with Crippen molar-refractivity contribution in [2.45, 2.75) is 20.0 Å². The van der Waals surface area contributed by atoms with E-state index in [1.54, 1.807) is 12.1 Å². The molecule has 5 nitrogen and oxygen atoms in total. The quantitative estimate of drug-likeness (QED) is 0.525. The van der Waals surface area contributed by atoms with Crippen LogP contribution in [0.5, 0.6) is 0 Å². The van der Waals surface area contributed by atoms with Gasteiger partial charge in [0.15, 0.2) is 0 Å². The van der Waals surface area contributed by atoms with Crippen LogP contribution in [0.4, 0.5) is 0 Å². The Bertz CT molecular complexity index is 1280. The maximum atomic E-state index is 12.7. The average Bonchev–Trinajstić information content (AvgIpc) is 2.77. The van der Waals surface area contributed by atoms with Gasteiger partial charge in [0.2, 0.25) is 5.91 Å². The van der Waals surface area contributed by atoms with E-state index in [4.69, 9.17) is 11.6 Å². The van der Waals surface area contributed by atoms with E-state index in [1.807, 2.05) is 67.6 Å². The fraction of sp³-hybridized carbons (Fsp3) is 0.125. The summed E-state index contributed by atoms with van der Waals surface area (Å²) < 4.78 is 1.22. The highest BCUT2D eigenvalue weighted by Crippen LogP contribution is 2.25. The first-order valence-electron chi connectivity index (χ1n) is 9.60. The normalized spacial score (nSPS) is 10.9. The van der Waals surface area contributed by atoms with Crippen molar-refractivity contribution in [2.75, 3.05) is 0 Å². The molecule has 1 heterocycles. The number of amides is 1. The van der Waals surface area contributed by atoms with Gasteiger partial charge in [-0.3, -0.25) is 9.59 Å². The van der Waals surface area contributed by atoms with Gasteiger partial charge >= 0.3 is 0 Å². The highest BCUT2D eigenvalue weighted by Gasteiger charge is 2.12. The first kappa shape index (κ1) is 19.9. The van der Waals surface area contributed by atoms with Gasteiger partial charge < -0.3 is 5.32 Å². The Labute approximate surface area is 178 Å². The number of aromatic nitrogens is 2. The second-order valence-electron chi connectivity index (χ2n) is 7.03. The molecule has 0 aliphatic heterocycles. The zero-order valence-electron chi connectivity index (χ0n) is 16.4. The molecule has 150 valence electrons. The molecule has 0 saturated heterocycles. The molecule has 0 spiro atoms. The topological polar surface area (TPSA) is 64.0 Å². The van der Waals surface area contributed by atoms with Crippen molar-refractivity contribution < 1.29 is 4.79 Å². The predicted octanol–water partition coefficient (Wildman–Crippen LogP) is 4.34. The number of rotatable bonds is 5. The third-order valence-corrected chi connectivity index (χ3v) is 5.25. The van der Waals surface area contributed by atoms with Crippen molar-refractivity contribution in [3.8, 4) is 11.1 Å². The SMILES string of the molecule is Cc1nn(CC(=O)NCc2ccccc2-c2ccc(Cl)cc2)c(=O)c2ccccc12. The monoisotopic (exact) mass is 417 g/mol. The molecule has 1 aromatic heterocycles. The van der Waals surface area contributed by atoms with E-state index >= 15 is 0 Å². The van der Waals surface area contributed by atoms with Gasteiger partial charge in [0.1, 0.15) is 6.54 Å². The number of nitrogens with zero attached hydrogens (tertiary/aromatic N) is 2. The minimum Gasteiger partial charge on any atom is -0.350 e. The van der Waals surface area contributed by atoms with Gasteiger partial charge in [-0.1, -0.05) is 66.2 Å². The summed E-state index contributed by atoms with van der Waals surface area (Å²) in [6, 6.07) is 22.7. The molecule has 0 unspecified atom stereocenters. The molecule has 0 bridgehead atoms. The summed E-state index contributed by atoms with van der Waals surface area (Å²) in [7, 11) is 0. The van der Waals surface area contributed by atoms with Crippen LogP contribution < -0.4 is 10.9 Å². The van der Waals surface area contributed by atoms with Gasteiger partial charge in [0.05, 0.1) is 11.1 Å². The number of fused-ring (bicyclic) bond motifs is 1. The van der Waals surface area contributed by atoms with Crippen LogP contribution in [0.1, 0.15) is 11.3 Å². The van der Waals surface area contributed by atoms with Crippen LogP contribution in [-0.2, 0) is 17.9 Å². The molecule has 1 N–H and O–H groups in total. The predicted molar refractivity (Wildman–Crippen MR) is 119 cm³/mol. The summed E-state index contributed by atoms with van der Waals surface area (Å²) in [4.78, 5) is 25.2. The summed E-state index contributed by atoms with van der Waals surface area (Å²) in [5.74, 6) is -0.273. The number of carbonyl (C=O) groups excluding carboxylic acids is 1. The lowest BCUT2D eigenvalue weighted by molar-refractivity contribution is -0.122. The Morgan fingerprint density at radius 3 is 2.40 bits per heavy atom. The van der Waals surface area contributed by atoms with E-state index in [-0.39, 0.29) is 18.0 Å². The van der Waals surface area contributed by atoms with Gasteiger partial charge in [-0.15, -0.1) is 0 Å². The Balaban J connectivity index is 1.52. The number of hydrogen-bond donors (Lipinski definition) is 1. The highest BCUT2D eigenvalue weighted by atomic mass is 35.5. The molecule has 3 aromatic carbocycles. The van der Waals surface area contributed by atoms with Gasteiger partial charge in [-0.2, -0.15) is 5.10 Å². The van der Waals surface area contributed by atoms with E-state index in [1.165, 1.54) is 4.68 Å². The molecule has 0 radical (unpaired) electrons. The first-order valence-corrected chi connectivity index (χ1v) is 9.98. The van der Waals surface area contributed by atoms with Crippen LogP contribution in [0.15, 0.2) is 77.6 Å². The molecule has 4 rings (SSSR count). The Kier molecular flexibility index (Phi) is 5.63. The van der Waals surface area contributed by atoms with Crippen molar-refractivity contribution in [2.24, 2.45) is 0 Å². The van der Waals surface area contributed by atoms with Crippen molar-refractivity contribution in [3.63, 3.8) is 0 Å². The second kappa shape index (κ2) is 8.51. The maximum Gasteiger partial charge on any atom is 0.275 e. The van der Waals surface area contributed by atoms with Crippen molar-refractivity contribution in [3.05, 3.63) is 99.4 Å². The lowest BCUT2D eigenvalue weighted by Gasteiger charge is -2.12. The standard InChI is InChI=1S/C24H20ClN3O2/c1-16-20-7-4-5-9-22(20)24(30)28(27-16)15-23(29)26-14-18-6-2-3-8-21(18)17-10-12-19(25)13-11-17/h2-13H,14-15H2,1H3,(H,26,29). The molecule has 0 aliphatic carbocycles. The Morgan fingerprint density at radius 2 is 1.63 bits per heavy atom. The molecular formula is C24H20ClN3O2. The molecule has 0 fully saturated rings. The third-order valence-electron chi connectivity index (χ3n) is 4.99. The number of nitrogens with one attached hydrogen (secondary N) is 1. The maximum absolute atomic E-state index is 12.7. The van der Waals surface area contributed by atoms with E-state index in [2.05, 4.69) is 10.4 Å². The molecule has 30 heavy (non-hydrogen) atoms. The van der Waals surface area contributed by atoms with Crippen LogP contribution >= 0.6 is 11.6 Å². The summed E-state index contributed by atoms with van der Waals surface area (Å²) in [6.45, 7) is 2.05. The molecule has 0 atom stereocenters.